The minimum atomic E-state index is 0. The Hall–Kier alpha value is 2.46. The van der Waals surface area contributed by atoms with Crippen LogP contribution in [-0.2, 0) is 10.9 Å². The Morgan fingerprint density at radius 2 is 0.688 bits per heavy atom. The standard InChI is InChI=1S/C26H59N2S.3HI/c1-8-27(9-2,10-3)23-19-15-17-21-25-29(14-7)26-22-18-16-20-24-28(11-4,12-5)13-6;;;/h8-26H2,1-7H3;3*1H/q+3;;;/p-3. The Morgan fingerprint density at radius 3 is 0.938 bits per heavy atom. The number of quaternary nitrogens is 2. The maximum Gasteiger partial charge on any atom is 0.108 e. The van der Waals surface area contributed by atoms with Gasteiger partial charge in [0.15, 0.2) is 0 Å². The Morgan fingerprint density at radius 1 is 0.406 bits per heavy atom. The molecule has 0 bridgehead atoms. The largest absolute Gasteiger partial charge is 1.00 e. The molecule has 6 heteroatoms. The highest BCUT2D eigenvalue weighted by Crippen LogP contribution is 2.14. The predicted octanol–water partition coefficient (Wildman–Crippen LogP) is -2.49. The van der Waals surface area contributed by atoms with Crippen LogP contribution in [0, 0.1) is 0 Å². The van der Waals surface area contributed by atoms with Gasteiger partial charge in [0.2, 0.25) is 0 Å². The third-order valence-electron chi connectivity index (χ3n) is 8.06. The van der Waals surface area contributed by atoms with Crippen LogP contribution in [0.15, 0.2) is 0 Å². The first-order valence-corrected chi connectivity index (χ1v) is 15.1. The number of nitrogens with zero attached hydrogens (tertiary/aromatic N) is 2. The fourth-order valence-electron chi connectivity index (χ4n) is 4.89. The Balaban J connectivity index is -0.00000131. The van der Waals surface area contributed by atoms with E-state index in [2.05, 4.69) is 48.5 Å². The van der Waals surface area contributed by atoms with Crippen LogP contribution in [0.4, 0.5) is 0 Å². The molecule has 0 amide bonds. The number of rotatable bonds is 21. The summed E-state index contributed by atoms with van der Waals surface area (Å²) in [5.74, 6) is 4.43. The van der Waals surface area contributed by atoms with E-state index in [0.717, 1.165) is 0 Å². The van der Waals surface area contributed by atoms with Crippen LogP contribution in [-0.4, -0.2) is 78.6 Å². The summed E-state index contributed by atoms with van der Waals surface area (Å²) in [5.41, 5.74) is 0. The summed E-state index contributed by atoms with van der Waals surface area (Å²) in [6, 6.07) is 0. The molecule has 0 aliphatic carbocycles. The van der Waals surface area contributed by atoms with Crippen molar-refractivity contribution in [2.45, 2.75) is 99.8 Å². The van der Waals surface area contributed by atoms with Crippen molar-refractivity contribution in [2.75, 3.05) is 69.6 Å². The second-order valence-electron chi connectivity index (χ2n) is 9.17. The Bertz CT molecular complexity index is 316. The van der Waals surface area contributed by atoms with Crippen molar-refractivity contribution in [2.24, 2.45) is 0 Å². The van der Waals surface area contributed by atoms with Gasteiger partial charge in [-0.2, -0.15) is 0 Å². The smallest absolute Gasteiger partial charge is 0.108 e. The molecule has 0 saturated carbocycles. The molecule has 0 atom stereocenters. The summed E-state index contributed by atoms with van der Waals surface area (Å²) in [7, 11) is 0.706. The summed E-state index contributed by atoms with van der Waals surface area (Å²) in [6.07, 6.45) is 11.7. The molecule has 0 fully saturated rings. The summed E-state index contributed by atoms with van der Waals surface area (Å²) >= 11 is 0. The zero-order valence-corrected chi connectivity index (χ0v) is 30.2. The first-order chi connectivity index (χ1) is 14.0. The summed E-state index contributed by atoms with van der Waals surface area (Å²) in [4.78, 5) is 0. The molecule has 200 valence electrons. The molecule has 0 aromatic rings. The van der Waals surface area contributed by atoms with Gasteiger partial charge in [0.25, 0.3) is 0 Å². The van der Waals surface area contributed by atoms with Crippen molar-refractivity contribution in [3.63, 3.8) is 0 Å². The van der Waals surface area contributed by atoms with Crippen LogP contribution in [0.25, 0.3) is 0 Å². The van der Waals surface area contributed by atoms with E-state index in [0.29, 0.717) is 10.9 Å². The average Bonchev–Trinajstić information content (AvgIpc) is 2.77. The number of halogens is 3. The van der Waals surface area contributed by atoms with Crippen molar-refractivity contribution >= 4 is 10.9 Å². The Labute approximate surface area is 258 Å². The van der Waals surface area contributed by atoms with Crippen LogP contribution < -0.4 is 71.9 Å². The molecule has 0 aliphatic heterocycles. The topological polar surface area (TPSA) is 0 Å². The van der Waals surface area contributed by atoms with Crippen LogP contribution in [0.1, 0.15) is 99.8 Å². The van der Waals surface area contributed by atoms with Crippen molar-refractivity contribution in [1.29, 1.82) is 0 Å². The van der Waals surface area contributed by atoms with Gasteiger partial charge < -0.3 is 80.9 Å². The number of hydrogen-bond donors (Lipinski definition) is 0. The first-order valence-electron chi connectivity index (χ1n) is 13.3. The summed E-state index contributed by atoms with van der Waals surface area (Å²) < 4.78 is 2.65. The molecule has 2 nitrogen and oxygen atoms in total. The molecule has 0 aromatic heterocycles. The molecule has 0 aliphatic rings. The molecular weight excluding hydrogens is 753 g/mol. The average molecular weight is 813 g/mol. The molecule has 0 saturated heterocycles. The SMILES string of the molecule is CC[S+](CCCCCC[N+](CC)(CC)CC)CCCCCC[N+](CC)(CC)CC.[I-].[I-].[I-]. The van der Waals surface area contributed by atoms with Gasteiger partial charge in [-0.25, -0.2) is 0 Å². The van der Waals surface area contributed by atoms with Gasteiger partial charge in [0.05, 0.1) is 52.4 Å². The van der Waals surface area contributed by atoms with Crippen LogP contribution in [0.5, 0.6) is 0 Å². The molecule has 0 spiro atoms. The van der Waals surface area contributed by atoms with Crippen molar-refractivity contribution in [3.05, 3.63) is 0 Å². The summed E-state index contributed by atoms with van der Waals surface area (Å²) in [5, 5.41) is 0. The second-order valence-corrected chi connectivity index (χ2v) is 11.8. The lowest BCUT2D eigenvalue weighted by molar-refractivity contribution is -0.923. The maximum absolute atomic E-state index is 2.42. The quantitative estimate of drug-likeness (QED) is 0.0522. The monoisotopic (exact) mass is 812 g/mol. The molecule has 0 N–H and O–H groups in total. The Kier molecular flexibility index (Phi) is 34.5. The van der Waals surface area contributed by atoms with E-state index >= 15 is 0 Å². The van der Waals surface area contributed by atoms with E-state index in [1.54, 1.807) is 0 Å². The molecule has 0 unspecified atom stereocenters. The maximum atomic E-state index is 2.42. The van der Waals surface area contributed by atoms with Gasteiger partial charge in [0, 0.05) is 0 Å². The van der Waals surface area contributed by atoms with E-state index in [1.165, 1.54) is 130 Å². The highest BCUT2D eigenvalue weighted by atomic mass is 127. The highest BCUT2D eigenvalue weighted by molar-refractivity contribution is 7.96. The first kappa shape index (κ1) is 41.6. The predicted molar refractivity (Wildman–Crippen MR) is 138 cm³/mol. The third-order valence-corrected chi connectivity index (χ3v) is 10.6. The van der Waals surface area contributed by atoms with Crippen molar-refractivity contribution < 1.29 is 80.9 Å². The zero-order valence-electron chi connectivity index (χ0n) is 22.9. The van der Waals surface area contributed by atoms with Crippen molar-refractivity contribution in [1.82, 2.24) is 0 Å². The molecule has 0 aromatic carbocycles. The van der Waals surface area contributed by atoms with Gasteiger partial charge in [-0.15, -0.1) is 0 Å². The number of hydrogen-bond acceptors (Lipinski definition) is 0. The van der Waals surface area contributed by atoms with E-state index in [4.69, 9.17) is 0 Å². The van der Waals surface area contributed by atoms with E-state index in [9.17, 15) is 0 Å². The van der Waals surface area contributed by atoms with Crippen LogP contribution in [0.3, 0.4) is 0 Å². The van der Waals surface area contributed by atoms with Gasteiger partial charge in [0.1, 0.15) is 17.3 Å². The highest BCUT2D eigenvalue weighted by Gasteiger charge is 2.21. The molecular formula is C26H59I3N2S. The van der Waals surface area contributed by atoms with Gasteiger partial charge in [-0.1, -0.05) is 0 Å². The lowest BCUT2D eigenvalue weighted by Gasteiger charge is -2.35. The minimum absolute atomic E-state index is 0. The normalized spacial score (nSPS) is 11.6. The van der Waals surface area contributed by atoms with Gasteiger partial charge in [-0.05, 0) is 111 Å². The zero-order chi connectivity index (χ0) is 22.0. The van der Waals surface area contributed by atoms with Crippen molar-refractivity contribution in [3.8, 4) is 0 Å². The molecule has 0 rings (SSSR count). The fourth-order valence-corrected chi connectivity index (χ4v) is 6.90. The van der Waals surface area contributed by atoms with Gasteiger partial charge in [-0.3, -0.25) is 0 Å². The lowest BCUT2D eigenvalue weighted by atomic mass is 10.1. The minimum Gasteiger partial charge on any atom is -1.00 e. The number of unbranched alkanes of at least 4 members (excludes halogenated alkanes) is 6. The fraction of sp³-hybridized carbons (Fsp3) is 1.00. The lowest BCUT2D eigenvalue weighted by Crippen LogP contribution is -3.00. The molecule has 32 heavy (non-hydrogen) atoms. The second kappa shape index (κ2) is 26.5. The van der Waals surface area contributed by atoms with Crippen LogP contribution in [0.2, 0.25) is 0 Å². The van der Waals surface area contributed by atoms with Crippen LogP contribution >= 0.6 is 0 Å². The molecule has 0 heterocycles. The summed E-state index contributed by atoms with van der Waals surface area (Å²) in [6.45, 7) is 27.3. The van der Waals surface area contributed by atoms with E-state index in [1.807, 2.05) is 0 Å². The third kappa shape index (κ3) is 17.8. The van der Waals surface area contributed by atoms with Gasteiger partial charge >= 0.3 is 0 Å². The van der Waals surface area contributed by atoms with E-state index in [-0.39, 0.29) is 71.9 Å². The molecule has 0 radical (unpaired) electrons. The van der Waals surface area contributed by atoms with E-state index < -0.39 is 0 Å².